The van der Waals surface area contributed by atoms with Crippen molar-refractivity contribution in [2.24, 2.45) is 0 Å². The summed E-state index contributed by atoms with van der Waals surface area (Å²) in [6, 6.07) is 15.4. The van der Waals surface area contributed by atoms with Gasteiger partial charge in [0.15, 0.2) is 12.0 Å². The number of fused-ring (bicyclic) bond motifs is 2. The molecule has 0 saturated heterocycles. The van der Waals surface area contributed by atoms with Gasteiger partial charge >= 0.3 is 5.97 Å². The van der Waals surface area contributed by atoms with Crippen LogP contribution in [0, 0.1) is 0 Å². The third-order valence-electron chi connectivity index (χ3n) is 6.64. The van der Waals surface area contributed by atoms with E-state index in [4.69, 9.17) is 14.1 Å². The first-order valence-corrected chi connectivity index (χ1v) is 12.6. The fraction of sp³-hybridized carbons (Fsp3) is 0.310. The van der Waals surface area contributed by atoms with Gasteiger partial charge < -0.3 is 19.6 Å². The summed E-state index contributed by atoms with van der Waals surface area (Å²) in [5, 5.41) is 12.2. The predicted octanol–water partition coefficient (Wildman–Crippen LogP) is 4.54. The molecule has 0 spiro atoms. The molecule has 2 aromatic heterocycles. The third kappa shape index (κ3) is 6.14. The molecule has 190 valence electrons. The number of oxazole rings is 1. The van der Waals surface area contributed by atoms with Gasteiger partial charge in [0.05, 0.1) is 6.61 Å². The fourth-order valence-electron chi connectivity index (χ4n) is 4.61. The lowest BCUT2D eigenvalue weighted by atomic mass is 9.95. The van der Waals surface area contributed by atoms with Gasteiger partial charge in [-0.05, 0) is 86.1 Å². The largest absolute Gasteiger partial charge is 0.494 e. The number of benzene rings is 2. The molecule has 2 heterocycles. The van der Waals surface area contributed by atoms with Crippen LogP contribution >= 0.6 is 0 Å². The molecule has 1 aliphatic rings. The maximum absolute atomic E-state index is 12.6. The molecule has 0 aliphatic heterocycles. The molecule has 37 heavy (non-hydrogen) atoms. The second-order valence-corrected chi connectivity index (χ2v) is 9.31. The zero-order valence-corrected chi connectivity index (χ0v) is 20.5. The van der Waals surface area contributed by atoms with Crippen molar-refractivity contribution in [3.63, 3.8) is 0 Å². The van der Waals surface area contributed by atoms with Gasteiger partial charge in [-0.2, -0.15) is 0 Å². The van der Waals surface area contributed by atoms with Crippen molar-refractivity contribution < 1.29 is 23.8 Å². The van der Waals surface area contributed by atoms with Crippen LogP contribution in [0.25, 0.3) is 11.1 Å². The minimum Gasteiger partial charge on any atom is -0.494 e. The molecule has 8 heteroatoms. The highest BCUT2D eigenvalue weighted by Gasteiger charge is 2.21. The molecular weight excluding hydrogens is 470 g/mol. The van der Waals surface area contributed by atoms with Crippen molar-refractivity contribution in [1.29, 1.82) is 0 Å². The molecule has 1 atom stereocenters. The van der Waals surface area contributed by atoms with E-state index in [1.54, 1.807) is 18.2 Å². The summed E-state index contributed by atoms with van der Waals surface area (Å²) in [5.41, 5.74) is 5.96. The topological polar surface area (TPSA) is 115 Å². The Morgan fingerprint density at radius 2 is 1.89 bits per heavy atom. The van der Waals surface area contributed by atoms with Crippen molar-refractivity contribution >= 4 is 23.0 Å². The quantitative estimate of drug-likeness (QED) is 0.308. The van der Waals surface area contributed by atoms with Gasteiger partial charge in [0, 0.05) is 23.4 Å². The molecule has 2 aromatic carbocycles. The number of aromatic nitrogens is 2. The Kier molecular flexibility index (Phi) is 7.44. The third-order valence-corrected chi connectivity index (χ3v) is 6.64. The molecule has 4 aromatic rings. The molecule has 0 radical (unpaired) electrons. The van der Waals surface area contributed by atoms with Gasteiger partial charge in [-0.1, -0.05) is 18.2 Å². The van der Waals surface area contributed by atoms with Crippen LogP contribution in [0.15, 0.2) is 65.4 Å². The minimum absolute atomic E-state index is 0.150. The first-order chi connectivity index (χ1) is 18.0. The van der Waals surface area contributed by atoms with Crippen molar-refractivity contribution in [2.75, 3.05) is 6.61 Å². The van der Waals surface area contributed by atoms with E-state index in [0.29, 0.717) is 23.3 Å². The SMILES string of the molecule is O=C(N[C@@H](Cc1ccc(OCCCc2ccc3c(n2)CCCC3)cc1)C(=O)O)c1ccc2ocnc2c1. The first-order valence-electron chi connectivity index (χ1n) is 12.6. The normalized spacial score (nSPS) is 13.6. The van der Waals surface area contributed by atoms with Crippen LogP contribution in [-0.4, -0.2) is 39.6 Å². The van der Waals surface area contributed by atoms with Crippen LogP contribution in [0.4, 0.5) is 0 Å². The van der Waals surface area contributed by atoms with Crippen molar-refractivity contribution in [3.8, 4) is 5.75 Å². The number of carbonyl (C=O) groups is 2. The number of hydrogen-bond acceptors (Lipinski definition) is 6. The van der Waals surface area contributed by atoms with E-state index in [-0.39, 0.29) is 6.42 Å². The molecule has 0 fully saturated rings. The van der Waals surface area contributed by atoms with Crippen molar-refractivity contribution in [2.45, 2.75) is 51.0 Å². The lowest BCUT2D eigenvalue weighted by Crippen LogP contribution is -2.42. The Balaban J connectivity index is 1.11. The highest BCUT2D eigenvalue weighted by Crippen LogP contribution is 2.20. The predicted molar refractivity (Wildman–Crippen MR) is 138 cm³/mol. The van der Waals surface area contributed by atoms with E-state index in [1.807, 2.05) is 24.3 Å². The number of ether oxygens (including phenoxy) is 1. The Morgan fingerprint density at radius 3 is 2.73 bits per heavy atom. The number of amides is 1. The van der Waals surface area contributed by atoms with E-state index in [9.17, 15) is 14.7 Å². The standard InChI is InChI=1S/C29H29N3O5/c33-28(21-10-14-27-25(17-21)30-18-37-27)32-26(29(34)35)16-19-7-12-23(13-8-19)36-15-3-5-22-11-9-20-4-1-2-6-24(20)31-22/h7-14,17-18,26H,1-6,15-16H2,(H,32,33)(H,34,35)/t26-/m0/s1. The van der Waals surface area contributed by atoms with Gasteiger partial charge in [0.25, 0.3) is 5.91 Å². The number of hydrogen-bond donors (Lipinski definition) is 2. The number of aryl methyl sites for hydroxylation is 3. The monoisotopic (exact) mass is 499 g/mol. The minimum atomic E-state index is -1.10. The summed E-state index contributed by atoms with van der Waals surface area (Å²) in [7, 11) is 0. The lowest BCUT2D eigenvalue weighted by molar-refractivity contribution is -0.139. The number of pyridine rings is 1. The van der Waals surface area contributed by atoms with Crippen LogP contribution in [0.2, 0.25) is 0 Å². The van der Waals surface area contributed by atoms with Crippen LogP contribution in [0.5, 0.6) is 5.75 Å². The average molecular weight is 500 g/mol. The Labute approximate surface area is 214 Å². The van der Waals surface area contributed by atoms with Gasteiger partial charge in [0.2, 0.25) is 0 Å². The molecule has 1 aliphatic carbocycles. The molecule has 1 amide bonds. The highest BCUT2D eigenvalue weighted by molar-refractivity contribution is 5.98. The van der Waals surface area contributed by atoms with E-state index in [0.717, 1.165) is 42.7 Å². The zero-order valence-electron chi connectivity index (χ0n) is 20.5. The van der Waals surface area contributed by atoms with E-state index < -0.39 is 17.9 Å². The summed E-state index contributed by atoms with van der Waals surface area (Å²) in [6.45, 7) is 0.571. The maximum atomic E-state index is 12.6. The smallest absolute Gasteiger partial charge is 0.326 e. The second-order valence-electron chi connectivity index (χ2n) is 9.31. The Hall–Kier alpha value is -4.20. The van der Waals surface area contributed by atoms with Gasteiger partial charge in [-0.25, -0.2) is 9.78 Å². The lowest BCUT2D eigenvalue weighted by Gasteiger charge is -2.16. The average Bonchev–Trinajstić information content (AvgIpc) is 3.39. The molecule has 8 nitrogen and oxygen atoms in total. The molecule has 2 N–H and O–H groups in total. The number of rotatable bonds is 10. The van der Waals surface area contributed by atoms with Crippen molar-refractivity contribution in [3.05, 3.63) is 89.1 Å². The number of carboxylic acid groups (broad SMARTS) is 1. The van der Waals surface area contributed by atoms with Gasteiger partial charge in [0.1, 0.15) is 17.3 Å². The number of nitrogens with one attached hydrogen (secondary N) is 1. The summed E-state index contributed by atoms with van der Waals surface area (Å²) >= 11 is 0. The molecule has 0 bridgehead atoms. The Bertz CT molecular complexity index is 1400. The first kappa shape index (κ1) is 24.5. The molecule has 0 unspecified atom stereocenters. The summed E-state index contributed by atoms with van der Waals surface area (Å²) in [4.78, 5) is 33.3. The number of nitrogens with zero attached hydrogens (tertiary/aromatic N) is 2. The molecule has 0 saturated carbocycles. The maximum Gasteiger partial charge on any atom is 0.326 e. The number of carbonyl (C=O) groups excluding carboxylic acids is 1. The summed E-state index contributed by atoms with van der Waals surface area (Å²) in [5.74, 6) is -0.864. The van der Waals surface area contributed by atoms with E-state index >= 15 is 0 Å². The van der Waals surface area contributed by atoms with Crippen molar-refractivity contribution in [1.82, 2.24) is 15.3 Å². The Morgan fingerprint density at radius 1 is 1.05 bits per heavy atom. The van der Waals surface area contributed by atoms with Gasteiger partial charge in [-0.3, -0.25) is 9.78 Å². The number of aliphatic carboxylic acids is 1. The number of carboxylic acids is 1. The summed E-state index contributed by atoms with van der Waals surface area (Å²) in [6.07, 6.45) is 7.88. The van der Waals surface area contributed by atoms with Gasteiger partial charge in [-0.15, -0.1) is 0 Å². The second kappa shape index (κ2) is 11.2. The molecular formula is C29H29N3O5. The van der Waals surface area contributed by atoms with E-state index in [1.165, 1.54) is 30.5 Å². The van der Waals surface area contributed by atoms with E-state index in [2.05, 4.69) is 22.4 Å². The highest BCUT2D eigenvalue weighted by atomic mass is 16.5. The van der Waals surface area contributed by atoms with Crippen LogP contribution in [0.3, 0.4) is 0 Å². The molecule has 5 rings (SSSR count). The van der Waals surface area contributed by atoms with Crippen LogP contribution < -0.4 is 10.1 Å². The fourth-order valence-corrected chi connectivity index (χ4v) is 4.61. The van der Waals surface area contributed by atoms with Crippen LogP contribution in [-0.2, 0) is 30.5 Å². The summed E-state index contributed by atoms with van der Waals surface area (Å²) < 4.78 is 11.1. The zero-order chi connectivity index (χ0) is 25.6. The van der Waals surface area contributed by atoms with Crippen LogP contribution in [0.1, 0.15) is 52.1 Å².